The average Bonchev–Trinajstić information content (AvgIpc) is 2.80. The molecule has 4 rings (SSSR count). The van der Waals surface area contributed by atoms with E-state index in [1.165, 1.54) is 6.07 Å². The van der Waals surface area contributed by atoms with Crippen molar-refractivity contribution in [2.45, 2.75) is 25.9 Å². The summed E-state index contributed by atoms with van der Waals surface area (Å²) in [5, 5.41) is 13.2. The lowest BCUT2D eigenvalue weighted by Gasteiger charge is -2.13. The third-order valence-corrected chi connectivity index (χ3v) is 5.03. The van der Waals surface area contributed by atoms with Crippen molar-refractivity contribution in [1.82, 2.24) is 10.2 Å². The highest BCUT2D eigenvalue weighted by Gasteiger charge is 2.30. The topological polar surface area (TPSA) is 47.0 Å². The van der Waals surface area contributed by atoms with Crippen LogP contribution < -0.4 is 10.1 Å². The molecule has 0 saturated carbocycles. The summed E-state index contributed by atoms with van der Waals surface area (Å²) in [5.74, 6) is 1.19. The summed E-state index contributed by atoms with van der Waals surface area (Å²) in [5.41, 5.74) is 1.13. The molecule has 0 aliphatic rings. The zero-order valence-electron chi connectivity index (χ0n) is 17.5. The molecule has 0 aliphatic carbocycles. The van der Waals surface area contributed by atoms with Crippen molar-refractivity contribution >= 4 is 22.3 Å². The molecule has 4 nitrogen and oxygen atoms in total. The van der Waals surface area contributed by atoms with Crippen LogP contribution in [0.2, 0.25) is 0 Å². The molecule has 1 N–H and O–H groups in total. The van der Waals surface area contributed by atoms with Gasteiger partial charge in [-0.25, -0.2) is 0 Å². The highest BCUT2D eigenvalue weighted by Crippen LogP contribution is 2.34. The number of benzene rings is 3. The van der Waals surface area contributed by atoms with Crippen LogP contribution in [0.5, 0.6) is 5.75 Å². The van der Waals surface area contributed by atoms with E-state index in [4.69, 9.17) is 4.74 Å². The molecule has 7 heteroatoms. The van der Waals surface area contributed by atoms with E-state index < -0.39 is 11.7 Å². The van der Waals surface area contributed by atoms with E-state index in [1.807, 2.05) is 48.5 Å². The van der Waals surface area contributed by atoms with Gasteiger partial charge in [0.2, 0.25) is 0 Å². The van der Waals surface area contributed by atoms with Crippen LogP contribution in [0.15, 0.2) is 72.8 Å². The predicted molar refractivity (Wildman–Crippen MR) is 120 cm³/mol. The Morgan fingerprint density at radius 3 is 2.34 bits per heavy atom. The molecule has 0 saturated heterocycles. The van der Waals surface area contributed by atoms with Crippen molar-refractivity contribution in [2.75, 3.05) is 11.9 Å². The predicted octanol–water partition coefficient (Wildman–Crippen LogP) is 7.24. The van der Waals surface area contributed by atoms with Gasteiger partial charge in [0, 0.05) is 22.0 Å². The second kappa shape index (κ2) is 9.26. The molecule has 0 amide bonds. The molecular formula is C25H22F3N3O. The Bertz CT molecular complexity index is 1210. The maximum atomic E-state index is 13.1. The highest BCUT2D eigenvalue weighted by atomic mass is 19.4. The van der Waals surface area contributed by atoms with Gasteiger partial charge in [0.15, 0.2) is 5.82 Å². The Morgan fingerprint density at radius 1 is 0.875 bits per heavy atom. The van der Waals surface area contributed by atoms with Crippen LogP contribution >= 0.6 is 0 Å². The monoisotopic (exact) mass is 437 g/mol. The van der Waals surface area contributed by atoms with Gasteiger partial charge in [-0.3, -0.25) is 0 Å². The molecule has 164 valence electrons. The number of aromatic nitrogens is 2. The van der Waals surface area contributed by atoms with Gasteiger partial charge in [0.05, 0.1) is 12.2 Å². The van der Waals surface area contributed by atoms with E-state index in [2.05, 4.69) is 22.4 Å². The molecule has 0 bridgehead atoms. The van der Waals surface area contributed by atoms with Crippen LogP contribution in [0.4, 0.5) is 24.7 Å². The molecule has 3 aromatic carbocycles. The second-order valence-corrected chi connectivity index (χ2v) is 7.37. The first kappa shape index (κ1) is 21.6. The Labute approximate surface area is 184 Å². The zero-order valence-corrected chi connectivity index (χ0v) is 17.5. The number of halogens is 3. The number of unbranched alkanes of at least 4 members (excludes halogenated alkanes) is 1. The molecule has 0 radical (unpaired) electrons. The van der Waals surface area contributed by atoms with Crippen molar-refractivity contribution in [1.29, 1.82) is 0 Å². The molecule has 0 atom stereocenters. The standard InChI is InChI=1S/C25H22F3N3O/c1-2-3-15-32-20-13-11-17(12-14-20)23-21-9-4-5-10-22(21)24(31-30-23)29-19-8-6-7-18(16-19)25(26,27)28/h4-14,16H,2-3,15H2,1H3,(H,29,31). The third-order valence-electron chi connectivity index (χ3n) is 5.03. The van der Waals surface area contributed by atoms with Crippen LogP contribution in [0.3, 0.4) is 0 Å². The van der Waals surface area contributed by atoms with E-state index in [9.17, 15) is 13.2 Å². The van der Waals surface area contributed by atoms with Gasteiger partial charge in [-0.15, -0.1) is 10.2 Å². The molecule has 0 fully saturated rings. The Morgan fingerprint density at radius 2 is 1.62 bits per heavy atom. The van der Waals surface area contributed by atoms with E-state index in [-0.39, 0.29) is 0 Å². The molecule has 4 aromatic rings. The maximum absolute atomic E-state index is 13.1. The minimum atomic E-state index is -4.41. The minimum absolute atomic E-state index is 0.292. The Hall–Kier alpha value is -3.61. The first-order valence-corrected chi connectivity index (χ1v) is 10.4. The smallest absolute Gasteiger partial charge is 0.416 e. The summed E-state index contributed by atoms with van der Waals surface area (Å²) in [6, 6.07) is 20.2. The van der Waals surface area contributed by atoms with Gasteiger partial charge >= 0.3 is 6.18 Å². The van der Waals surface area contributed by atoms with Crippen LogP contribution in [0.1, 0.15) is 25.3 Å². The number of rotatable bonds is 7. The van der Waals surface area contributed by atoms with E-state index in [0.29, 0.717) is 23.8 Å². The van der Waals surface area contributed by atoms with Gasteiger partial charge in [-0.1, -0.05) is 43.7 Å². The number of hydrogen-bond acceptors (Lipinski definition) is 4. The number of ether oxygens (including phenoxy) is 1. The lowest BCUT2D eigenvalue weighted by atomic mass is 10.0. The normalized spacial score (nSPS) is 11.5. The summed E-state index contributed by atoms with van der Waals surface area (Å²) in [7, 11) is 0. The van der Waals surface area contributed by atoms with Crippen LogP contribution in [-0.4, -0.2) is 16.8 Å². The largest absolute Gasteiger partial charge is 0.494 e. The lowest BCUT2D eigenvalue weighted by molar-refractivity contribution is -0.137. The van der Waals surface area contributed by atoms with Crippen molar-refractivity contribution in [3.05, 3.63) is 78.4 Å². The van der Waals surface area contributed by atoms with E-state index >= 15 is 0 Å². The quantitative estimate of drug-likeness (QED) is 0.310. The van der Waals surface area contributed by atoms with Gasteiger partial charge < -0.3 is 10.1 Å². The summed E-state index contributed by atoms with van der Waals surface area (Å²) < 4.78 is 44.9. The minimum Gasteiger partial charge on any atom is -0.494 e. The summed E-state index contributed by atoms with van der Waals surface area (Å²) in [6.45, 7) is 2.79. The summed E-state index contributed by atoms with van der Waals surface area (Å²) >= 11 is 0. The van der Waals surface area contributed by atoms with Crippen molar-refractivity contribution < 1.29 is 17.9 Å². The van der Waals surface area contributed by atoms with Crippen LogP contribution in [-0.2, 0) is 6.18 Å². The molecule has 0 aliphatic heterocycles. The summed E-state index contributed by atoms with van der Waals surface area (Å²) in [4.78, 5) is 0. The van der Waals surface area contributed by atoms with Crippen LogP contribution in [0.25, 0.3) is 22.0 Å². The Balaban J connectivity index is 1.65. The lowest BCUT2D eigenvalue weighted by Crippen LogP contribution is -2.05. The SMILES string of the molecule is CCCCOc1ccc(-c2nnc(Nc3cccc(C(F)(F)F)c3)c3ccccc23)cc1. The number of nitrogens with zero attached hydrogens (tertiary/aromatic N) is 2. The number of anilines is 2. The maximum Gasteiger partial charge on any atom is 0.416 e. The average molecular weight is 437 g/mol. The fourth-order valence-electron chi connectivity index (χ4n) is 3.36. The molecular weight excluding hydrogens is 415 g/mol. The number of nitrogens with one attached hydrogen (secondary N) is 1. The first-order chi connectivity index (χ1) is 15.5. The second-order valence-electron chi connectivity index (χ2n) is 7.37. The fourth-order valence-corrected chi connectivity index (χ4v) is 3.36. The highest BCUT2D eigenvalue weighted by molar-refractivity contribution is 6.00. The van der Waals surface area contributed by atoms with Crippen molar-refractivity contribution in [2.24, 2.45) is 0 Å². The van der Waals surface area contributed by atoms with Gasteiger partial charge in [-0.05, 0) is 48.9 Å². The zero-order chi connectivity index (χ0) is 22.6. The molecule has 1 aromatic heterocycles. The van der Waals surface area contributed by atoms with Gasteiger partial charge in [-0.2, -0.15) is 13.2 Å². The van der Waals surface area contributed by atoms with Gasteiger partial charge in [0.1, 0.15) is 11.4 Å². The van der Waals surface area contributed by atoms with Crippen LogP contribution in [0, 0.1) is 0 Å². The fraction of sp³-hybridized carbons (Fsp3) is 0.200. The number of hydrogen-bond donors (Lipinski definition) is 1. The molecule has 1 heterocycles. The Kier molecular flexibility index (Phi) is 6.25. The molecule has 32 heavy (non-hydrogen) atoms. The molecule has 0 unspecified atom stereocenters. The first-order valence-electron chi connectivity index (χ1n) is 10.4. The third kappa shape index (κ3) is 4.82. The number of alkyl halides is 3. The van der Waals surface area contributed by atoms with Crippen molar-refractivity contribution in [3.8, 4) is 17.0 Å². The summed E-state index contributed by atoms with van der Waals surface area (Å²) in [6.07, 6.45) is -2.35. The van der Waals surface area contributed by atoms with Gasteiger partial charge in [0.25, 0.3) is 0 Å². The van der Waals surface area contributed by atoms with Crippen molar-refractivity contribution in [3.63, 3.8) is 0 Å². The van der Waals surface area contributed by atoms with E-state index in [1.54, 1.807) is 6.07 Å². The van der Waals surface area contributed by atoms with E-state index in [0.717, 1.165) is 47.1 Å². The number of fused-ring (bicyclic) bond motifs is 1. The molecule has 0 spiro atoms.